The lowest BCUT2D eigenvalue weighted by Crippen LogP contribution is -2.28. The van der Waals surface area contributed by atoms with Crippen LogP contribution in [0.15, 0.2) is 74.1 Å². The molecular weight excluding hydrogens is 448 g/mol. The number of aryl methyl sites for hydroxylation is 2. The van der Waals surface area contributed by atoms with Crippen molar-refractivity contribution < 1.29 is 14.1 Å². The molecule has 4 rings (SSSR count). The first-order chi connectivity index (χ1) is 15.3. The first-order valence-electron chi connectivity index (χ1n) is 9.43. The van der Waals surface area contributed by atoms with Crippen LogP contribution in [-0.2, 0) is 4.79 Å². The Bertz CT molecular complexity index is 1310. The smallest absolute Gasteiger partial charge is 0.401 e. The van der Waals surface area contributed by atoms with Crippen LogP contribution in [0.25, 0.3) is 6.08 Å². The van der Waals surface area contributed by atoms with Gasteiger partial charge in [0, 0.05) is 6.08 Å². The van der Waals surface area contributed by atoms with E-state index in [1.165, 1.54) is 23.1 Å². The van der Waals surface area contributed by atoms with Crippen LogP contribution >= 0.6 is 24.0 Å². The first kappa shape index (κ1) is 21.6. The predicted molar refractivity (Wildman–Crippen MR) is 128 cm³/mol. The zero-order valence-electron chi connectivity index (χ0n) is 17.0. The highest BCUT2D eigenvalue weighted by Gasteiger charge is 2.34. The average molecular weight is 465 g/mol. The number of nitro groups is 1. The summed E-state index contributed by atoms with van der Waals surface area (Å²) in [6.45, 7) is 3.83. The van der Waals surface area contributed by atoms with Crippen LogP contribution in [0.4, 0.5) is 22.9 Å². The Balaban J connectivity index is 1.57. The fraction of sp³-hybridized carbons (Fsp3) is 0.0909. The number of anilines is 1. The fourth-order valence-corrected chi connectivity index (χ4v) is 4.33. The highest BCUT2D eigenvalue weighted by molar-refractivity contribution is 8.27. The van der Waals surface area contributed by atoms with Gasteiger partial charge < -0.3 is 4.42 Å². The zero-order chi connectivity index (χ0) is 22.8. The molecule has 0 unspecified atom stereocenters. The number of azo groups is 1. The van der Waals surface area contributed by atoms with Gasteiger partial charge in [0.25, 0.3) is 5.91 Å². The standard InChI is InChI=1S/C22H16N4O4S2/c1-13-5-3-4-6-17(13)24-23-15-7-9-18(14(2)11-15)25-21(27)19(32-22(25)31)12-16-8-10-20(30-16)26(28)29/h3-12H,1-2H3/b19-12-,24-23?. The van der Waals surface area contributed by atoms with Gasteiger partial charge in [0.15, 0.2) is 4.32 Å². The number of thioether (sulfide) groups is 1. The van der Waals surface area contributed by atoms with Crippen molar-refractivity contribution in [3.63, 3.8) is 0 Å². The molecule has 8 nitrogen and oxygen atoms in total. The van der Waals surface area contributed by atoms with Crippen molar-refractivity contribution in [2.24, 2.45) is 10.2 Å². The third-order valence-corrected chi connectivity index (χ3v) is 5.97. The summed E-state index contributed by atoms with van der Waals surface area (Å²) in [7, 11) is 0. The van der Waals surface area contributed by atoms with Crippen molar-refractivity contribution in [3.8, 4) is 0 Å². The van der Waals surface area contributed by atoms with Gasteiger partial charge in [-0.3, -0.25) is 19.8 Å². The van der Waals surface area contributed by atoms with Crippen molar-refractivity contribution in [2.45, 2.75) is 13.8 Å². The van der Waals surface area contributed by atoms with Crippen LogP contribution in [-0.4, -0.2) is 15.2 Å². The largest absolute Gasteiger partial charge is 0.433 e. The molecule has 160 valence electrons. The van der Waals surface area contributed by atoms with Crippen LogP contribution in [0.2, 0.25) is 0 Å². The van der Waals surface area contributed by atoms with E-state index in [0.29, 0.717) is 20.6 Å². The summed E-state index contributed by atoms with van der Waals surface area (Å²) in [4.78, 5) is 24.9. The molecule has 1 amide bonds. The van der Waals surface area contributed by atoms with Gasteiger partial charge >= 0.3 is 5.88 Å². The highest BCUT2D eigenvalue weighted by Crippen LogP contribution is 2.38. The number of rotatable bonds is 5. The molecular formula is C22H16N4O4S2. The monoisotopic (exact) mass is 464 g/mol. The summed E-state index contributed by atoms with van der Waals surface area (Å²) >= 11 is 6.52. The number of amides is 1. The number of hydrogen-bond donors (Lipinski definition) is 0. The molecule has 0 radical (unpaired) electrons. The Morgan fingerprint density at radius 1 is 1.09 bits per heavy atom. The van der Waals surface area contributed by atoms with E-state index in [0.717, 1.165) is 28.6 Å². The van der Waals surface area contributed by atoms with E-state index in [4.69, 9.17) is 16.6 Å². The summed E-state index contributed by atoms with van der Waals surface area (Å²) < 4.78 is 5.48. The van der Waals surface area contributed by atoms with Gasteiger partial charge in [-0.05, 0) is 55.3 Å². The maximum atomic E-state index is 13.0. The summed E-state index contributed by atoms with van der Waals surface area (Å²) in [5.41, 5.74) is 3.90. The molecule has 2 heterocycles. The van der Waals surface area contributed by atoms with Crippen LogP contribution in [0, 0.1) is 24.0 Å². The number of benzene rings is 2. The van der Waals surface area contributed by atoms with E-state index >= 15 is 0 Å². The molecule has 1 aliphatic heterocycles. The highest BCUT2D eigenvalue weighted by atomic mass is 32.2. The van der Waals surface area contributed by atoms with E-state index in [1.54, 1.807) is 12.1 Å². The van der Waals surface area contributed by atoms with Gasteiger partial charge in [-0.2, -0.15) is 10.2 Å². The average Bonchev–Trinajstić information content (AvgIpc) is 3.33. The molecule has 1 aliphatic rings. The van der Waals surface area contributed by atoms with Gasteiger partial charge in [-0.15, -0.1) is 0 Å². The van der Waals surface area contributed by atoms with Crippen molar-refractivity contribution in [1.29, 1.82) is 0 Å². The van der Waals surface area contributed by atoms with E-state index in [-0.39, 0.29) is 11.7 Å². The molecule has 1 aromatic heterocycles. The maximum absolute atomic E-state index is 13.0. The minimum Gasteiger partial charge on any atom is -0.401 e. The number of hydrogen-bond acceptors (Lipinski definition) is 8. The second-order valence-electron chi connectivity index (χ2n) is 6.91. The third-order valence-electron chi connectivity index (χ3n) is 4.67. The lowest BCUT2D eigenvalue weighted by molar-refractivity contribution is -0.402. The van der Waals surface area contributed by atoms with E-state index < -0.39 is 10.8 Å². The SMILES string of the molecule is Cc1ccccc1N=Nc1ccc(N2C(=O)/C(=C/c3ccc([N+](=O)[O-])o3)SC2=S)c(C)c1. The Labute approximate surface area is 192 Å². The van der Waals surface area contributed by atoms with E-state index in [9.17, 15) is 14.9 Å². The molecule has 0 N–H and O–H groups in total. The minimum absolute atomic E-state index is 0.209. The van der Waals surface area contributed by atoms with Crippen LogP contribution in [0.3, 0.4) is 0 Å². The lowest BCUT2D eigenvalue weighted by atomic mass is 10.1. The number of carbonyl (C=O) groups is 1. The summed E-state index contributed by atoms with van der Waals surface area (Å²) in [6.07, 6.45) is 1.45. The molecule has 2 aromatic carbocycles. The zero-order valence-corrected chi connectivity index (χ0v) is 18.6. The topological polar surface area (TPSA) is 101 Å². The number of furan rings is 1. The molecule has 0 atom stereocenters. The van der Waals surface area contributed by atoms with Gasteiger partial charge in [0.1, 0.15) is 10.7 Å². The Hall–Kier alpha value is -3.63. The van der Waals surface area contributed by atoms with Gasteiger partial charge in [-0.25, -0.2) is 0 Å². The fourth-order valence-electron chi connectivity index (χ4n) is 3.06. The molecule has 1 fully saturated rings. The Kier molecular flexibility index (Phi) is 5.97. The van der Waals surface area contributed by atoms with Crippen molar-refractivity contribution >= 4 is 63.2 Å². The van der Waals surface area contributed by atoms with Gasteiger partial charge in [0.2, 0.25) is 0 Å². The van der Waals surface area contributed by atoms with Gasteiger partial charge in [0.05, 0.1) is 28.0 Å². The molecule has 3 aromatic rings. The minimum atomic E-state index is -0.635. The van der Waals surface area contributed by atoms with Crippen molar-refractivity contribution in [1.82, 2.24) is 0 Å². The van der Waals surface area contributed by atoms with Crippen molar-refractivity contribution in [2.75, 3.05) is 4.90 Å². The van der Waals surface area contributed by atoms with Crippen LogP contribution in [0.1, 0.15) is 16.9 Å². The predicted octanol–water partition coefficient (Wildman–Crippen LogP) is 6.63. The maximum Gasteiger partial charge on any atom is 0.433 e. The second-order valence-corrected chi connectivity index (χ2v) is 8.58. The first-order valence-corrected chi connectivity index (χ1v) is 10.7. The molecule has 0 spiro atoms. The molecule has 0 bridgehead atoms. The van der Waals surface area contributed by atoms with Gasteiger partial charge in [-0.1, -0.05) is 42.2 Å². The number of nitrogens with zero attached hydrogens (tertiary/aromatic N) is 4. The summed E-state index contributed by atoms with van der Waals surface area (Å²) in [5, 5.41) is 19.4. The number of carbonyl (C=O) groups excluding carboxylic acids is 1. The lowest BCUT2D eigenvalue weighted by Gasteiger charge is -2.17. The molecule has 10 heteroatoms. The normalized spacial score (nSPS) is 15.3. The van der Waals surface area contributed by atoms with Crippen LogP contribution < -0.4 is 4.90 Å². The quantitative estimate of drug-likeness (QED) is 0.138. The molecule has 1 saturated heterocycles. The number of thiocarbonyl (C=S) groups is 1. The third kappa shape index (κ3) is 4.36. The second kappa shape index (κ2) is 8.85. The van der Waals surface area contributed by atoms with E-state index in [1.807, 2.05) is 44.2 Å². The molecule has 0 saturated carbocycles. The molecule has 32 heavy (non-hydrogen) atoms. The Morgan fingerprint density at radius 2 is 1.88 bits per heavy atom. The Morgan fingerprint density at radius 3 is 2.56 bits per heavy atom. The van der Waals surface area contributed by atoms with E-state index in [2.05, 4.69) is 10.2 Å². The van der Waals surface area contributed by atoms with Crippen LogP contribution in [0.5, 0.6) is 0 Å². The van der Waals surface area contributed by atoms with Crippen molar-refractivity contribution in [3.05, 3.63) is 86.5 Å². The summed E-state index contributed by atoms with van der Waals surface area (Å²) in [6, 6.07) is 15.7. The summed E-state index contributed by atoms with van der Waals surface area (Å²) in [5.74, 6) is -0.504. The molecule has 0 aliphatic carbocycles.